The zero-order valence-electron chi connectivity index (χ0n) is 16.7. The molecular weight excluding hydrogens is 442 g/mol. The number of piperidine rings is 1. The van der Waals surface area contributed by atoms with E-state index in [0.717, 1.165) is 31.5 Å². The van der Waals surface area contributed by atoms with Crippen LogP contribution in [0, 0.1) is 11.2 Å². The average molecular weight is 463 g/mol. The van der Waals surface area contributed by atoms with E-state index in [9.17, 15) is 14.0 Å². The van der Waals surface area contributed by atoms with Gasteiger partial charge >= 0.3 is 0 Å². The van der Waals surface area contributed by atoms with Gasteiger partial charge in [-0.2, -0.15) is 0 Å². The van der Waals surface area contributed by atoms with Crippen LogP contribution >= 0.6 is 23.2 Å². The largest absolute Gasteiger partial charge is 0.337 e. The Labute approximate surface area is 188 Å². The van der Waals surface area contributed by atoms with E-state index < -0.39 is 5.82 Å². The molecule has 2 aromatic heterocycles. The van der Waals surface area contributed by atoms with Gasteiger partial charge in [-0.3, -0.25) is 14.0 Å². The first-order valence-corrected chi connectivity index (χ1v) is 11.0. The Morgan fingerprint density at radius 1 is 1.23 bits per heavy atom. The molecule has 1 spiro atoms. The number of aromatic nitrogens is 2. The first kappa shape index (κ1) is 20.5. The molecule has 0 unspecified atom stereocenters. The minimum Gasteiger partial charge on any atom is -0.337 e. The third kappa shape index (κ3) is 3.54. The average Bonchev–Trinajstić information content (AvgIpc) is 3.05. The van der Waals surface area contributed by atoms with Crippen LogP contribution < -0.4 is 10.9 Å². The first-order valence-electron chi connectivity index (χ1n) is 10.2. The van der Waals surface area contributed by atoms with Gasteiger partial charge in [0.25, 0.3) is 11.5 Å². The molecule has 5 rings (SSSR count). The summed E-state index contributed by atoms with van der Waals surface area (Å²) in [7, 11) is 0. The second-order valence-electron chi connectivity index (χ2n) is 8.55. The summed E-state index contributed by atoms with van der Waals surface area (Å²) in [6, 6.07) is 6.03. The summed E-state index contributed by atoms with van der Waals surface area (Å²) in [5.41, 5.74) is 1.62. The van der Waals surface area contributed by atoms with E-state index in [0.29, 0.717) is 30.7 Å². The fourth-order valence-electron chi connectivity index (χ4n) is 4.76. The predicted octanol–water partition coefficient (Wildman–Crippen LogP) is 3.49. The summed E-state index contributed by atoms with van der Waals surface area (Å²) in [5, 5.41) is 3.90. The number of aromatic amines is 1. The lowest BCUT2D eigenvalue weighted by atomic mass is 9.74. The van der Waals surface area contributed by atoms with Crippen molar-refractivity contribution in [3.8, 4) is 0 Å². The fourth-order valence-corrected chi connectivity index (χ4v) is 5.20. The van der Waals surface area contributed by atoms with Crippen LogP contribution in [-0.4, -0.2) is 46.4 Å². The van der Waals surface area contributed by atoms with Gasteiger partial charge in [0.2, 0.25) is 0 Å². The Morgan fingerprint density at radius 3 is 2.77 bits per heavy atom. The van der Waals surface area contributed by atoms with Crippen molar-refractivity contribution >= 4 is 34.6 Å². The number of nitrogens with one attached hydrogen (secondary N) is 2. The third-order valence-corrected chi connectivity index (χ3v) is 7.09. The number of benzene rings is 1. The zero-order chi connectivity index (χ0) is 21.8. The molecule has 31 heavy (non-hydrogen) atoms. The van der Waals surface area contributed by atoms with Gasteiger partial charge in [0, 0.05) is 43.4 Å². The second kappa shape index (κ2) is 7.65. The number of nitrogens with zero attached hydrogens (tertiary/aromatic N) is 2. The predicted molar refractivity (Wildman–Crippen MR) is 118 cm³/mol. The number of hydrogen-bond acceptors (Lipinski definition) is 3. The number of carbonyl (C=O) groups excluding carboxylic acids is 1. The monoisotopic (exact) mass is 462 g/mol. The molecule has 1 aromatic carbocycles. The molecule has 2 saturated heterocycles. The summed E-state index contributed by atoms with van der Waals surface area (Å²) in [4.78, 5) is 29.4. The lowest BCUT2D eigenvalue weighted by Crippen LogP contribution is -2.63. The lowest BCUT2D eigenvalue weighted by Gasteiger charge is -2.52. The molecule has 0 bridgehead atoms. The van der Waals surface area contributed by atoms with E-state index in [1.54, 1.807) is 27.6 Å². The van der Waals surface area contributed by atoms with E-state index in [4.69, 9.17) is 23.2 Å². The van der Waals surface area contributed by atoms with Crippen LogP contribution in [0.3, 0.4) is 0 Å². The first-order chi connectivity index (χ1) is 14.9. The number of fused-ring (bicyclic) bond motifs is 1. The highest BCUT2D eigenvalue weighted by Gasteiger charge is 2.46. The molecule has 2 N–H and O–H groups in total. The van der Waals surface area contributed by atoms with Crippen LogP contribution in [0.2, 0.25) is 10.2 Å². The van der Waals surface area contributed by atoms with Crippen LogP contribution in [0.4, 0.5) is 4.39 Å². The number of rotatable bonds is 3. The summed E-state index contributed by atoms with van der Waals surface area (Å²) in [6.45, 7) is 3.23. The molecule has 6 nitrogen and oxygen atoms in total. The van der Waals surface area contributed by atoms with Crippen LogP contribution in [0.5, 0.6) is 0 Å². The SMILES string of the molecule is O=C(c1cc(Cc2c[nH]c(=O)c3cc(Cl)c(Cl)n23)ccc1F)N1CC2(CCCNC2)C1. The highest BCUT2D eigenvalue weighted by molar-refractivity contribution is 6.42. The smallest absolute Gasteiger partial charge is 0.272 e. The van der Waals surface area contributed by atoms with Crippen LogP contribution in [0.15, 0.2) is 35.3 Å². The Bertz CT molecular complexity index is 1240. The number of carbonyl (C=O) groups is 1. The maximum Gasteiger partial charge on any atom is 0.272 e. The molecule has 0 saturated carbocycles. The van der Waals surface area contributed by atoms with E-state index in [2.05, 4.69) is 10.3 Å². The van der Waals surface area contributed by atoms with E-state index in [1.165, 1.54) is 12.1 Å². The molecule has 2 fully saturated rings. The lowest BCUT2D eigenvalue weighted by molar-refractivity contribution is -0.00752. The molecule has 2 aliphatic rings. The highest BCUT2D eigenvalue weighted by atomic mass is 35.5. The van der Waals surface area contributed by atoms with Gasteiger partial charge < -0.3 is 15.2 Å². The molecule has 162 valence electrons. The molecule has 0 atom stereocenters. The molecule has 3 aromatic rings. The Kier molecular flexibility index (Phi) is 5.07. The number of halogens is 3. The van der Waals surface area contributed by atoms with Crippen molar-refractivity contribution in [2.75, 3.05) is 26.2 Å². The van der Waals surface area contributed by atoms with Crippen molar-refractivity contribution in [3.63, 3.8) is 0 Å². The summed E-state index contributed by atoms with van der Waals surface area (Å²) in [6.07, 6.45) is 4.09. The Balaban J connectivity index is 1.41. The maximum atomic E-state index is 14.5. The van der Waals surface area contributed by atoms with Gasteiger partial charge in [-0.25, -0.2) is 4.39 Å². The second-order valence-corrected chi connectivity index (χ2v) is 9.31. The van der Waals surface area contributed by atoms with Crippen molar-refractivity contribution < 1.29 is 9.18 Å². The molecule has 9 heteroatoms. The summed E-state index contributed by atoms with van der Waals surface area (Å²) >= 11 is 12.4. The van der Waals surface area contributed by atoms with E-state index >= 15 is 0 Å². The standard InChI is InChI=1S/C22H21Cl2FN4O2/c23-16-8-18-20(30)27-9-14(29(18)19(16)24)6-13-2-3-17(25)15(7-13)21(31)28-11-22(12-28)4-1-5-26-10-22/h2-3,7-9,26H,1,4-6,10-12H2,(H,27,30). The van der Waals surface area contributed by atoms with Crippen LogP contribution in [0.1, 0.15) is 34.5 Å². The van der Waals surface area contributed by atoms with Crippen molar-refractivity contribution in [2.24, 2.45) is 5.41 Å². The Morgan fingerprint density at radius 2 is 2.03 bits per heavy atom. The Hall–Kier alpha value is -2.35. The topological polar surface area (TPSA) is 69.6 Å². The van der Waals surface area contributed by atoms with Gasteiger partial charge in [-0.15, -0.1) is 0 Å². The summed E-state index contributed by atoms with van der Waals surface area (Å²) in [5.74, 6) is -0.825. The molecule has 2 aliphatic heterocycles. The minimum absolute atomic E-state index is 0.0634. The van der Waals surface area contributed by atoms with Gasteiger partial charge in [0.1, 0.15) is 16.5 Å². The van der Waals surface area contributed by atoms with Gasteiger partial charge in [-0.05, 0) is 43.1 Å². The van der Waals surface area contributed by atoms with Crippen molar-refractivity contribution in [1.82, 2.24) is 19.6 Å². The maximum absolute atomic E-state index is 14.5. The van der Waals surface area contributed by atoms with Gasteiger partial charge in [0.05, 0.1) is 10.6 Å². The zero-order valence-corrected chi connectivity index (χ0v) is 18.2. The minimum atomic E-state index is -0.537. The fraction of sp³-hybridized carbons (Fsp3) is 0.364. The molecule has 1 amide bonds. The number of H-pyrrole nitrogens is 1. The van der Waals surface area contributed by atoms with Crippen molar-refractivity contribution in [2.45, 2.75) is 19.3 Å². The number of likely N-dealkylation sites (tertiary alicyclic amines) is 1. The van der Waals surface area contributed by atoms with Gasteiger partial charge in [-0.1, -0.05) is 29.3 Å². The van der Waals surface area contributed by atoms with Crippen molar-refractivity contribution in [3.05, 3.63) is 73.6 Å². The molecule has 0 aliphatic carbocycles. The highest BCUT2D eigenvalue weighted by Crippen LogP contribution is 2.37. The molecule has 0 radical (unpaired) electrons. The van der Waals surface area contributed by atoms with E-state index in [-0.39, 0.29) is 32.6 Å². The normalized spacial score (nSPS) is 17.8. The quantitative estimate of drug-likeness (QED) is 0.625. The van der Waals surface area contributed by atoms with Crippen LogP contribution in [0.25, 0.3) is 5.52 Å². The molecule has 4 heterocycles. The summed E-state index contributed by atoms with van der Waals surface area (Å²) < 4.78 is 16.1. The number of amides is 1. The van der Waals surface area contributed by atoms with Crippen LogP contribution in [-0.2, 0) is 6.42 Å². The number of hydrogen-bond donors (Lipinski definition) is 2. The molecular formula is C22H21Cl2FN4O2. The van der Waals surface area contributed by atoms with Crippen molar-refractivity contribution in [1.29, 1.82) is 0 Å². The third-order valence-electron chi connectivity index (χ3n) is 6.33. The van der Waals surface area contributed by atoms with E-state index in [1.807, 2.05) is 0 Å². The van der Waals surface area contributed by atoms with Gasteiger partial charge in [0.15, 0.2) is 0 Å².